The minimum absolute atomic E-state index is 0.0653. The van der Waals surface area contributed by atoms with Gasteiger partial charge in [-0.2, -0.15) is 0 Å². The first-order valence-corrected chi connectivity index (χ1v) is 5.85. The molecule has 0 bridgehead atoms. The molecule has 0 fully saturated rings. The van der Waals surface area contributed by atoms with Gasteiger partial charge in [-0.05, 0) is 30.9 Å². The fourth-order valence-corrected chi connectivity index (χ4v) is 1.71. The van der Waals surface area contributed by atoms with Gasteiger partial charge < -0.3 is 5.73 Å². The number of ketones is 1. The lowest BCUT2D eigenvalue weighted by molar-refractivity contribution is 0.0934. The Balaban J connectivity index is 3.01. The quantitative estimate of drug-likeness (QED) is 0.791. The molecule has 1 aromatic carbocycles. The molecule has 1 aromatic rings. The molecule has 0 amide bonds. The van der Waals surface area contributed by atoms with E-state index in [2.05, 4.69) is 6.92 Å². The van der Waals surface area contributed by atoms with Crippen molar-refractivity contribution in [3.05, 3.63) is 34.9 Å². The van der Waals surface area contributed by atoms with Crippen LogP contribution in [0.1, 0.15) is 41.8 Å². The molecule has 0 aliphatic rings. The molecule has 0 spiro atoms. The Kier molecular flexibility index (Phi) is 4.25. The zero-order chi connectivity index (χ0) is 12.3. The Labute approximate surface area is 97.9 Å². The largest absolute Gasteiger partial charge is 0.321 e. The first-order chi connectivity index (χ1) is 7.49. The highest BCUT2D eigenvalue weighted by Gasteiger charge is 2.22. The van der Waals surface area contributed by atoms with Crippen LogP contribution in [0, 0.1) is 19.8 Å². The normalized spacial score (nSPS) is 14.6. The van der Waals surface area contributed by atoms with Crippen molar-refractivity contribution < 1.29 is 4.79 Å². The molecular weight excluding hydrogens is 198 g/mol. The maximum Gasteiger partial charge on any atom is 0.180 e. The highest BCUT2D eigenvalue weighted by molar-refractivity contribution is 6.01. The third kappa shape index (κ3) is 2.50. The number of hydrogen-bond donors (Lipinski definition) is 1. The van der Waals surface area contributed by atoms with Crippen molar-refractivity contribution in [2.45, 2.75) is 40.2 Å². The number of aryl methyl sites for hydroxylation is 1. The number of hydrogen-bond acceptors (Lipinski definition) is 2. The molecule has 2 nitrogen and oxygen atoms in total. The summed E-state index contributed by atoms with van der Waals surface area (Å²) in [6, 6.07) is 5.41. The van der Waals surface area contributed by atoms with E-state index in [-0.39, 0.29) is 17.7 Å². The summed E-state index contributed by atoms with van der Waals surface area (Å²) in [5.41, 5.74) is 8.93. The van der Waals surface area contributed by atoms with Crippen LogP contribution in [0.3, 0.4) is 0 Å². The maximum atomic E-state index is 12.2. The summed E-state index contributed by atoms with van der Waals surface area (Å²) in [5, 5.41) is 0. The molecule has 2 N–H and O–H groups in total. The molecule has 0 radical (unpaired) electrons. The van der Waals surface area contributed by atoms with E-state index in [1.54, 1.807) is 0 Å². The van der Waals surface area contributed by atoms with E-state index in [1.807, 2.05) is 39.0 Å². The van der Waals surface area contributed by atoms with Gasteiger partial charge in [0.15, 0.2) is 5.78 Å². The number of carbonyl (C=O) groups is 1. The van der Waals surface area contributed by atoms with Crippen LogP contribution in [0.25, 0.3) is 0 Å². The molecular formula is C14H21NO. The Morgan fingerprint density at radius 2 is 2.00 bits per heavy atom. The Bertz CT molecular complexity index is 384. The molecule has 0 heterocycles. The minimum Gasteiger partial charge on any atom is -0.321 e. The van der Waals surface area contributed by atoms with Crippen molar-refractivity contribution in [3.63, 3.8) is 0 Å². The molecule has 88 valence electrons. The van der Waals surface area contributed by atoms with E-state index in [9.17, 15) is 4.79 Å². The van der Waals surface area contributed by atoms with Gasteiger partial charge >= 0.3 is 0 Å². The van der Waals surface area contributed by atoms with Gasteiger partial charge in [-0.15, -0.1) is 0 Å². The molecule has 16 heavy (non-hydrogen) atoms. The van der Waals surface area contributed by atoms with Crippen LogP contribution in [0.15, 0.2) is 18.2 Å². The minimum atomic E-state index is -0.384. The number of carbonyl (C=O) groups excluding carboxylic acids is 1. The van der Waals surface area contributed by atoms with Crippen molar-refractivity contribution >= 4 is 5.78 Å². The van der Waals surface area contributed by atoms with E-state index in [1.165, 1.54) is 0 Å². The van der Waals surface area contributed by atoms with Crippen LogP contribution < -0.4 is 5.73 Å². The van der Waals surface area contributed by atoms with Gasteiger partial charge in [0.05, 0.1) is 6.04 Å². The fourth-order valence-electron chi connectivity index (χ4n) is 1.71. The summed E-state index contributed by atoms with van der Waals surface area (Å²) in [5.74, 6) is 0.294. The predicted octanol–water partition coefficient (Wildman–Crippen LogP) is 2.86. The van der Waals surface area contributed by atoms with Crippen LogP contribution in [0.4, 0.5) is 0 Å². The molecule has 0 saturated heterocycles. The Morgan fingerprint density at radius 1 is 1.38 bits per heavy atom. The van der Waals surface area contributed by atoms with Crippen LogP contribution >= 0.6 is 0 Å². The van der Waals surface area contributed by atoms with Gasteiger partial charge in [-0.3, -0.25) is 4.79 Å². The van der Waals surface area contributed by atoms with Crippen molar-refractivity contribution in [2.75, 3.05) is 0 Å². The Morgan fingerprint density at radius 3 is 2.56 bits per heavy atom. The number of Topliss-reactive ketones (excluding diaryl/α,β-unsaturated/α-hetero) is 1. The zero-order valence-electron chi connectivity index (χ0n) is 10.6. The molecule has 2 heteroatoms. The molecule has 1 rings (SSSR count). The zero-order valence-corrected chi connectivity index (χ0v) is 10.6. The van der Waals surface area contributed by atoms with E-state index >= 15 is 0 Å². The van der Waals surface area contributed by atoms with E-state index in [0.29, 0.717) is 0 Å². The first-order valence-electron chi connectivity index (χ1n) is 5.85. The lowest BCUT2D eigenvalue weighted by atomic mass is 9.90. The van der Waals surface area contributed by atoms with E-state index in [4.69, 9.17) is 5.73 Å². The standard InChI is InChI=1S/C14H21NO/c1-5-9(2)13(15)14(16)12-8-6-7-10(3)11(12)4/h6-9,13H,5,15H2,1-4H3. The Hall–Kier alpha value is -1.15. The van der Waals surface area contributed by atoms with Gasteiger partial charge in [0.25, 0.3) is 0 Å². The van der Waals surface area contributed by atoms with Crippen molar-refractivity contribution in [1.29, 1.82) is 0 Å². The molecule has 2 unspecified atom stereocenters. The third-order valence-corrected chi connectivity index (χ3v) is 3.43. The lowest BCUT2D eigenvalue weighted by Gasteiger charge is -2.18. The van der Waals surface area contributed by atoms with Crippen LogP contribution in [0.5, 0.6) is 0 Å². The summed E-state index contributed by atoms with van der Waals surface area (Å²) in [6.07, 6.45) is 0.928. The summed E-state index contributed by atoms with van der Waals surface area (Å²) in [4.78, 5) is 12.2. The van der Waals surface area contributed by atoms with Crippen molar-refractivity contribution in [2.24, 2.45) is 11.7 Å². The number of nitrogens with two attached hydrogens (primary N) is 1. The summed E-state index contributed by atoms with van der Waals surface area (Å²) in [7, 11) is 0. The van der Waals surface area contributed by atoms with Crippen molar-refractivity contribution in [3.8, 4) is 0 Å². The molecule has 0 aliphatic heterocycles. The molecule has 2 atom stereocenters. The summed E-state index contributed by atoms with van der Waals surface area (Å²) < 4.78 is 0. The highest BCUT2D eigenvalue weighted by atomic mass is 16.1. The second-order valence-electron chi connectivity index (χ2n) is 4.52. The summed E-state index contributed by atoms with van der Waals surface area (Å²) >= 11 is 0. The van der Waals surface area contributed by atoms with E-state index < -0.39 is 0 Å². The molecule has 0 saturated carbocycles. The average Bonchev–Trinajstić information content (AvgIpc) is 2.29. The molecule has 0 aliphatic carbocycles. The lowest BCUT2D eigenvalue weighted by Crippen LogP contribution is -2.37. The second-order valence-corrected chi connectivity index (χ2v) is 4.52. The highest BCUT2D eigenvalue weighted by Crippen LogP contribution is 2.17. The maximum absolute atomic E-state index is 12.2. The van der Waals surface area contributed by atoms with Gasteiger partial charge in [0.1, 0.15) is 0 Å². The van der Waals surface area contributed by atoms with Crippen LogP contribution in [-0.2, 0) is 0 Å². The van der Waals surface area contributed by atoms with Crippen molar-refractivity contribution in [1.82, 2.24) is 0 Å². The topological polar surface area (TPSA) is 43.1 Å². The molecule has 0 aromatic heterocycles. The van der Waals surface area contributed by atoms with Gasteiger partial charge in [0.2, 0.25) is 0 Å². The first kappa shape index (κ1) is 12.9. The average molecular weight is 219 g/mol. The summed E-state index contributed by atoms with van der Waals surface area (Å²) in [6.45, 7) is 8.07. The van der Waals surface area contributed by atoms with Gasteiger partial charge in [0, 0.05) is 5.56 Å². The van der Waals surface area contributed by atoms with Gasteiger partial charge in [-0.25, -0.2) is 0 Å². The third-order valence-electron chi connectivity index (χ3n) is 3.43. The number of benzene rings is 1. The fraction of sp³-hybridized carbons (Fsp3) is 0.500. The van der Waals surface area contributed by atoms with Crippen LogP contribution in [0.2, 0.25) is 0 Å². The monoisotopic (exact) mass is 219 g/mol. The van der Waals surface area contributed by atoms with Crippen LogP contribution in [-0.4, -0.2) is 11.8 Å². The van der Waals surface area contributed by atoms with Gasteiger partial charge in [-0.1, -0.05) is 38.5 Å². The van der Waals surface area contributed by atoms with E-state index in [0.717, 1.165) is 23.1 Å². The number of rotatable bonds is 4. The SMILES string of the molecule is CCC(C)C(N)C(=O)c1cccc(C)c1C. The second kappa shape index (κ2) is 5.26. The predicted molar refractivity (Wildman–Crippen MR) is 67.7 cm³/mol. The smallest absolute Gasteiger partial charge is 0.180 e.